The SMILES string of the molecule is O=C(c1cncn1-c1ccc(F)cc1)N1CCC(NCC2CC2)CC1. The normalized spacial score (nSPS) is 18.5. The van der Waals surface area contributed by atoms with Gasteiger partial charge in [-0.2, -0.15) is 0 Å². The largest absolute Gasteiger partial charge is 0.337 e. The maximum Gasteiger partial charge on any atom is 0.272 e. The number of rotatable bonds is 5. The van der Waals surface area contributed by atoms with Gasteiger partial charge in [0, 0.05) is 24.8 Å². The van der Waals surface area contributed by atoms with Crippen molar-refractivity contribution < 1.29 is 9.18 Å². The summed E-state index contributed by atoms with van der Waals surface area (Å²) in [5.41, 5.74) is 1.26. The van der Waals surface area contributed by atoms with Gasteiger partial charge in [0.15, 0.2) is 0 Å². The standard InChI is InChI=1S/C19H23FN4O/c20-15-3-5-17(6-4-15)24-13-21-12-18(24)19(25)23-9-7-16(8-10-23)22-11-14-1-2-14/h3-6,12-14,16,22H,1-2,7-11H2. The van der Waals surface area contributed by atoms with Crippen LogP contribution in [-0.4, -0.2) is 46.0 Å². The second kappa shape index (κ2) is 6.96. The summed E-state index contributed by atoms with van der Waals surface area (Å²) in [7, 11) is 0. The zero-order valence-electron chi connectivity index (χ0n) is 14.2. The predicted molar refractivity (Wildman–Crippen MR) is 93.2 cm³/mol. The number of nitrogens with zero attached hydrogens (tertiary/aromatic N) is 3. The Balaban J connectivity index is 1.40. The number of aromatic nitrogens is 2. The molecule has 132 valence electrons. The number of nitrogens with one attached hydrogen (secondary N) is 1. The molecule has 2 aromatic rings. The van der Waals surface area contributed by atoms with E-state index in [-0.39, 0.29) is 11.7 Å². The molecule has 1 aliphatic heterocycles. The van der Waals surface area contributed by atoms with Crippen LogP contribution in [0, 0.1) is 11.7 Å². The van der Waals surface area contributed by atoms with Crippen molar-refractivity contribution in [2.75, 3.05) is 19.6 Å². The van der Waals surface area contributed by atoms with Gasteiger partial charge < -0.3 is 10.2 Å². The molecule has 1 saturated carbocycles. The van der Waals surface area contributed by atoms with Crippen LogP contribution in [-0.2, 0) is 0 Å². The summed E-state index contributed by atoms with van der Waals surface area (Å²) >= 11 is 0. The Kier molecular flexibility index (Phi) is 4.53. The highest BCUT2D eigenvalue weighted by Crippen LogP contribution is 2.28. The van der Waals surface area contributed by atoms with E-state index in [9.17, 15) is 9.18 Å². The molecule has 6 heteroatoms. The van der Waals surface area contributed by atoms with Crippen molar-refractivity contribution in [1.82, 2.24) is 19.8 Å². The van der Waals surface area contributed by atoms with Gasteiger partial charge in [-0.1, -0.05) is 0 Å². The number of carbonyl (C=O) groups is 1. The molecule has 25 heavy (non-hydrogen) atoms. The van der Waals surface area contributed by atoms with Crippen LogP contribution in [0.4, 0.5) is 4.39 Å². The lowest BCUT2D eigenvalue weighted by atomic mass is 10.0. The smallest absolute Gasteiger partial charge is 0.272 e. The molecule has 1 amide bonds. The number of imidazole rings is 1. The van der Waals surface area contributed by atoms with Gasteiger partial charge in [-0.15, -0.1) is 0 Å². The first-order valence-electron chi connectivity index (χ1n) is 9.01. The first kappa shape index (κ1) is 16.3. The van der Waals surface area contributed by atoms with Gasteiger partial charge >= 0.3 is 0 Å². The monoisotopic (exact) mass is 342 g/mol. The lowest BCUT2D eigenvalue weighted by Crippen LogP contribution is -2.45. The van der Waals surface area contributed by atoms with Crippen molar-refractivity contribution in [2.24, 2.45) is 5.92 Å². The maximum absolute atomic E-state index is 13.1. The summed E-state index contributed by atoms with van der Waals surface area (Å²) in [5.74, 6) is 0.574. The van der Waals surface area contributed by atoms with E-state index in [2.05, 4.69) is 10.3 Å². The van der Waals surface area contributed by atoms with E-state index in [1.807, 2.05) is 4.90 Å². The minimum atomic E-state index is -0.294. The minimum absolute atomic E-state index is 0.0116. The van der Waals surface area contributed by atoms with Crippen molar-refractivity contribution in [3.8, 4) is 5.69 Å². The molecular formula is C19H23FN4O. The third kappa shape index (κ3) is 3.74. The quantitative estimate of drug-likeness (QED) is 0.909. The fourth-order valence-corrected chi connectivity index (χ4v) is 3.36. The Bertz CT molecular complexity index is 730. The van der Waals surface area contributed by atoms with Crippen LogP contribution in [0.25, 0.3) is 5.69 Å². The van der Waals surface area contributed by atoms with E-state index >= 15 is 0 Å². The van der Waals surface area contributed by atoms with Crippen LogP contribution in [0.15, 0.2) is 36.8 Å². The zero-order valence-corrected chi connectivity index (χ0v) is 14.2. The molecule has 1 aliphatic carbocycles. The Labute approximate surface area is 146 Å². The molecule has 0 atom stereocenters. The number of benzene rings is 1. The average Bonchev–Trinajstić information content (AvgIpc) is 3.35. The molecule has 1 aromatic carbocycles. The van der Waals surface area contributed by atoms with Crippen molar-refractivity contribution in [1.29, 1.82) is 0 Å². The van der Waals surface area contributed by atoms with Crippen molar-refractivity contribution in [2.45, 2.75) is 31.7 Å². The van der Waals surface area contributed by atoms with Gasteiger partial charge in [-0.25, -0.2) is 9.37 Å². The molecule has 1 aromatic heterocycles. The molecule has 4 rings (SSSR count). The van der Waals surface area contributed by atoms with E-state index < -0.39 is 0 Å². The summed E-state index contributed by atoms with van der Waals surface area (Å²) in [6, 6.07) is 6.61. The fourth-order valence-electron chi connectivity index (χ4n) is 3.36. The van der Waals surface area contributed by atoms with Crippen molar-refractivity contribution >= 4 is 5.91 Å². The van der Waals surface area contributed by atoms with Crippen LogP contribution in [0.2, 0.25) is 0 Å². The summed E-state index contributed by atoms with van der Waals surface area (Å²) < 4.78 is 14.8. The maximum atomic E-state index is 13.1. The summed E-state index contributed by atoms with van der Waals surface area (Å²) in [5, 5.41) is 3.63. The lowest BCUT2D eigenvalue weighted by molar-refractivity contribution is 0.0697. The molecule has 1 saturated heterocycles. The highest BCUT2D eigenvalue weighted by Gasteiger charge is 2.27. The van der Waals surface area contributed by atoms with Crippen LogP contribution in [0.5, 0.6) is 0 Å². The van der Waals surface area contributed by atoms with Crippen molar-refractivity contribution in [3.63, 3.8) is 0 Å². The first-order valence-corrected chi connectivity index (χ1v) is 9.01. The van der Waals surface area contributed by atoms with Gasteiger partial charge in [0.05, 0.1) is 12.5 Å². The van der Waals surface area contributed by atoms with Crippen LogP contribution in [0.1, 0.15) is 36.2 Å². The molecule has 2 aliphatic rings. The van der Waals surface area contributed by atoms with E-state index in [0.717, 1.165) is 44.1 Å². The fraction of sp³-hybridized carbons (Fsp3) is 0.474. The average molecular weight is 342 g/mol. The third-order valence-electron chi connectivity index (χ3n) is 5.14. The van der Waals surface area contributed by atoms with E-state index in [1.54, 1.807) is 29.2 Å². The number of amides is 1. The molecule has 5 nitrogen and oxygen atoms in total. The number of carbonyl (C=O) groups excluding carboxylic acids is 1. The van der Waals surface area contributed by atoms with Gasteiger partial charge in [0.2, 0.25) is 0 Å². The number of hydrogen-bond donors (Lipinski definition) is 1. The summed E-state index contributed by atoms with van der Waals surface area (Å²) in [6.07, 6.45) is 7.88. The van der Waals surface area contributed by atoms with Crippen LogP contribution >= 0.6 is 0 Å². The molecule has 2 heterocycles. The number of halogens is 1. The second-order valence-electron chi connectivity index (χ2n) is 7.04. The first-order chi connectivity index (χ1) is 12.2. The molecule has 0 radical (unpaired) electrons. The second-order valence-corrected chi connectivity index (χ2v) is 7.04. The number of hydrogen-bond acceptors (Lipinski definition) is 3. The van der Waals surface area contributed by atoms with Crippen molar-refractivity contribution in [3.05, 3.63) is 48.3 Å². The summed E-state index contributed by atoms with van der Waals surface area (Å²) in [4.78, 5) is 18.9. The molecule has 2 fully saturated rings. The van der Waals surface area contributed by atoms with Gasteiger partial charge in [0.1, 0.15) is 11.5 Å². The number of piperidine rings is 1. The molecule has 1 N–H and O–H groups in total. The third-order valence-corrected chi connectivity index (χ3v) is 5.14. The topological polar surface area (TPSA) is 50.2 Å². The molecule has 0 spiro atoms. The Morgan fingerprint density at radius 1 is 1.16 bits per heavy atom. The van der Waals surface area contributed by atoms with E-state index in [4.69, 9.17) is 0 Å². The molecular weight excluding hydrogens is 319 g/mol. The van der Waals surface area contributed by atoms with Gasteiger partial charge in [-0.3, -0.25) is 9.36 Å². The van der Waals surface area contributed by atoms with Gasteiger partial charge in [0.25, 0.3) is 5.91 Å². The summed E-state index contributed by atoms with van der Waals surface area (Å²) in [6.45, 7) is 2.64. The van der Waals surface area contributed by atoms with E-state index in [1.165, 1.54) is 25.0 Å². The zero-order chi connectivity index (χ0) is 17.2. The van der Waals surface area contributed by atoms with Gasteiger partial charge in [-0.05, 0) is 62.4 Å². The molecule has 0 unspecified atom stereocenters. The Morgan fingerprint density at radius 3 is 2.56 bits per heavy atom. The highest BCUT2D eigenvalue weighted by molar-refractivity contribution is 5.93. The minimum Gasteiger partial charge on any atom is -0.337 e. The lowest BCUT2D eigenvalue weighted by Gasteiger charge is -2.32. The molecule has 0 bridgehead atoms. The Morgan fingerprint density at radius 2 is 1.88 bits per heavy atom. The number of likely N-dealkylation sites (tertiary alicyclic amines) is 1. The van der Waals surface area contributed by atoms with E-state index in [0.29, 0.717) is 11.7 Å². The van der Waals surface area contributed by atoms with Crippen LogP contribution in [0.3, 0.4) is 0 Å². The predicted octanol–water partition coefficient (Wildman–Crippen LogP) is 2.62. The van der Waals surface area contributed by atoms with Crippen LogP contribution < -0.4 is 5.32 Å². The Hall–Kier alpha value is -2.21. The highest BCUT2D eigenvalue weighted by atomic mass is 19.1.